The molecule has 1 atom stereocenters. The Kier molecular flexibility index (Phi) is 7.79. The van der Waals surface area contributed by atoms with Crippen LogP contribution in [0.2, 0.25) is 0 Å². The second-order valence-electron chi connectivity index (χ2n) is 10.1. The van der Waals surface area contributed by atoms with Crippen LogP contribution in [0.25, 0.3) is 32.9 Å². The van der Waals surface area contributed by atoms with Crippen LogP contribution in [-0.4, -0.2) is 28.4 Å². The first-order valence-electron chi connectivity index (χ1n) is 13.8. The van der Waals surface area contributed by atoms with Gasteiger partial charge in [0.1, 0.15) is 12.4 Å². The summed E-state index contributed by atoms with van der Waals surface area (Å²) in [6, 6.07) is 42.8. The number of nitrogens with zero attached hydrogens (tertiary/aromatic N) is 1. The number of para-hydroxylation sites is 1. The van der Waals surface area contributed by atoms with E-state index in [1.165, 1.54) is 32.9 Å². The van der Waals surface area contributed by atoms with E-state index in [1.54, 1.807) is 0 Å². The number of fused-ring (bicyclic) bond motifs is 3. The molecule has 1 aromatic heterocycles. The summed E-state index contributed by atoms with van der Waals surface area (Å²) in [6.45, 7) is 1.46. The number of carboxylic acids is 1. The summed E-state index contributed by atoms with van der Waals surface area (Å²) in [5.74, 6) is -0.221. The van der Waals surface area contributed by atoms with Gasteiger partial charge >= 0.3 is 5.97 Å². The lowest BCUT2D eigenvalue weighted by Crippen LogP contribution is -2.26. The number of hydrogen-bond acceptors (Lipinski definition) is 3. The molecule has 6 rings (SSSR count). The van der Waals surface area contributed by atoms with E-state index in [-0.39, 0.29) is 13.0 Å². The molecule has 0 radical (unpaired) electrons. The Labute approximate surface area is 239 Å². The molecule has 5 nitrogen and oxygen atoms in total. The van der Waals surface area contributed by atoms with Crippen LogP contribution in [0.5, 0.6) is 5.75 Å². The Morgan fingerprint density at radius 1 is 0.683 bits per heavy atom. The third kappa shape index (κ3) is 6.01. The number of hydrogen-bond donors (Lipinski definition) is 1. The van der Waals surface area contributed by atoms with Gasteiger partial charge in [-0.15, -0.1) is 0 Å². The number of rotatable bonds is 11. The van der Waals surface area contributed by atoms with Gasteiger partial charge in [-0.25, -0.2) is 4.79 Å². The molecule has 1 N–H and O–H groups in total. The van der Waals surface area contributed by atoms with Crippen molar-refractivity contribution >= 4 is 27.8 Å². The maximum atomic E-state index is 11.8. The Bertz CT molecular complexity index is 1760. The molecular formula is C36H31NO4. The third-order valence-electron chi connectivity index (χ3n) is 7.38. The average Bonchev–Trinajstić information content (AvgIpc) is 3.33. The summed E-state index contributed by atoms with van der Waals surface area (Å²) < 4.78 is 14.1. The van der Waals surface area contributed by atoms with Gasteiger partial charge in [-0.2, -0.15) is 0 Å². The maximum Gasteiger partial charge on any atom is 0.333 e. The van der Waals surface area contributed by atoms with Gasteiger partial charge < -0.3 is 19.1 Å². The van der Waals surface area contributed by atoms with Gasteiger partial charge in [-0.1, -0.05) is 97.1 Å². The molecule has 0 aliphatic carbocycles. The Hall–Kier alpha value is -4.87. The predicted octanol–water partition coefficient (Wildman–Crippen LogP) is 7.75. The summed E-state index contributed by atoms with van der Waals surface area (Å²) in [6.07, 6.45) is -0.630. The van der Waals surface area contributed by atoms with Crippen molar-refractivity contribution in [1.82, 2.24) is 4.57 Å². The number of carbonyl (C=O) groups is 1. The Morgan fingerprint density at radius 2 is 1.37 bits per heavy atom. The maximum absolute atomic E-state index is 11.8. The minimum absolute atomic E-state index is 0.259. The Balaban J connectivity index is 1.12. The van der Waals surface area contributed by atoms with Crippen LogP contribution in [0, 0.1) is 0 Å². The predicted molar refractivity (Wildman–Crippen MR) is 163 cm³/mol. The molecule has 1 heterocycles. The number of aliphatic carboxylic acids is 1. The molecule has 41 heavy (non-hydrogen) atoms. The van der Waals surface area contributed by atoms with E-state index in [9.17, 15) is 9.90 Å². The van der Waals surface area contributed by atoms with Crippen molar-refractivity contribution in [3.63, 3.8) is 0 Å². The lowest BCUT2D eigenvalue weighted by Gasteiger charge is -2.14. The fourth-order valence-electron chi connectivity index (χ4n) is 5.28. The molecule has 5 aromatic carbocycles. The quantitative estimate of drug-likeness (QED) is 0.182. The summed E-state index contributed by atoms with van der Waals surface area (Å²) in [5, 5.41) is 12.1. The van der Waals surface area contributed by atoms with Gasteiger partial charge in [-0.3, -0.25) is 0 Å². The van der Waals surface area contributed by atoms with Crippen LogP contribution < -0.4 is 4.74 Å². The highest BCUT2D eigenvalue weighted by atomic mass is 16.5. The molecule has 204 valence electrons. The fourth-order valence-corrected chi connectivity index (χ4v) is 5.28. The van der Waals surface area contributed by atoms with Crippen molar-refractivity contribution in [2.45, 2.75) is 25.7 Å². The lowest BCUT2D eigenvalue weighted by atomic mass is 10.0. The summed E-state index contributed by atoms with van der Waals surface area (Å²) >= 11 is 0. The van der Waals surface area contributed by atoms with Gasteiger partial charge in [0.25, 0.3) is 0 Å². The number of ether oxygens (including phenoxy) is 2. The second kappa shape index (κ2) is 12.1. The smallest absolute Gasteiger partial charge is 0.333 e. The summed E-state index contributed by atoms with van der Waals surface area (Å²) in [7, 11) is 0. The molecule has 0 spiro atoms. The molecule has 0 bridgehead atoms. The van der Waals surface area contributed by atoms with E-state index in [0.717, 1.165) is 16.9 Å². The van der Waals surface area contributed by atoms with Crippen molar-refractivity contribution < 1.29 is 19.4 Å². The SMILES string of the molecule is O=C(O)[C@H](Cc1ccc(OCCn2c3ccccc3c3cc(-c4ccccc4)ccc32)cc1)OCc1ccccc1. The summed E-state index contributed by atoms with van der Waals surface area (Å²) in [5.41, 5.74) is 6.60. The molecule has 0 amide bonds. The van der Waals surface area contributed by atoms with Crippen molar-refractivity contribution in [3.8, 4) is 16.9 Å². The zero-order valence-corrected chi connectivity index (χ0v) is 22.6. The molecule has 0 saturated carbocycles. The van der Waals surface area contributed by atoms with Crippen LogP contribution in [0.4, 0.5) is 0 Å². The number of carboxylic acid groups (broad SMARTS) is 1. The summed E-state index contributed by atoms with van der Waals surface area (Å²) in [4.78, 5) is 11.8. The molecule has 0 aliphatic rings. The average molecular weight is 542 g/mol. The van der Waals surface area contributed by atoms with Crippen molar-refractivity contribution in [2.24, 2.45) is 0 Å². The first-order chi connectivity index (χ1) is 20.2. The van der Waals surface area contributed by atoms with Crippen LogP contribution in [-0.2, 0) is 29.1 Å². The second-order valence-corrected chi connectivity index (χ2v) is 10.1. The normalized spacial score (nSPS) is 12.0. The van der Waals surface area contributed by atoms with Crippen molar-refractivity contribution in [1.29, 1.82) is 0 Å². The Morgan fingerprint density at radius 3 is 2.12 bits per heavy atom. The molecule has 6 aromatic rings. The van der Waals surface area contributed by atoms with Crippen LogP contribution >= 0.6 is 0 Å². The standard InChI is InChI=1S/C36H31NO4/c38-36(39)35(41-25-27-9-3-1-4-10-27)23-26-15-18-30(19-16-26)40-22-21-37-33-14-8-7-13-31(33)32-24-29(17-20-34(32)37)28-11-5-2-6-12-28/h1-20,24,35H,21-23,25H2,(H,38,39)/t35-/m0/s1. The molecule has 0 unspecified atom stereocenters. The van der Waals surface area contributed by atoms with Gasteiger partial charge in [0.2, 0.25) is 0 Å². The molecule has 5 heteroatoms. The van der Waals surface area contributed by atoms with Crippen LogP contribution in [0.1, 0.15) is 11.1 Å². The van der Waals surface area contributed by atoms with E-state index < -0.39 is 12.1 Å². The molecular weight excluding hydrogens is 510 g/mol. The topological polar surface area (TPSA) is 60.7 Å². The van der Waals surface area contributed by atoms with Crippen LogP contribution in [0.3, 0.4) is 0 Å². The molecule has 0 saturated heterocycles. The van der Waals surface area contributed by atoms with E-state index in [1.807, 2.05) is 60.7 Å². The van der Waals surface area contributed by atoms with E-state index in [2.05, 4.69) is 71.3 Å². The zero-order chi connectivity index (χ0) is 28.0. The van der Waals surface area contributed by atoms with Gasteiger partial charge in [-0.05, 0) is 52.6 Å². The third-order valence-corrected chi connectivity index (χ3v) is 7.38. The number of aromatic nitrogens is 1. The van der Waals surface area contributed by atoms with Gasteiger partial charge in [0, 0.05) is 28.2 Å². The first kappa shape index (κ1) is 26.4. The lowest BCUT2D eigenvalue weighted by molar-refractivity contribution is -0.151. The number of benzene rings is 5. The van der Waals surface area contributed by atoms with Gasteiger partial charge in [0.05, 0.1) is 13.2 Å². The zero-order valence-electron chi connectivity index (χ0n) is 22.6. The minimum Gasteiger partial charge on any atom is -0.492 e. The van der Waals surface area contributed by atoms with E-state index in [0.29, 0.717) is 13.2 Å². The van der Waals surface area contributed by atoms with Crippen LogP contribution in [0.15, 0.2) is 127 Å². The first-order valence-corrected chi connectivity index (χ1v) is 13.8. The highest BCUT2D eigenvalue weighted by molar-refractivity contribution is 6.09. The monoisotopic (exact) mass is 541 g/mol. The highest BCUT2D eigenvalue weighted by Gasteiger charge is 2.19. The van der Waals surface area contributed by atoms with Crippen molar-refractivity contribution in [3.05, 3.63) is 139 Å². The minimum atomic E-state index is -0.969. The van der Waals surface area contributed by atoms with E-state index >= 15 is 0 Å². The highest BCUT2D eigenvalue weighted by Crippen LogP contribution is 2.32. The molecule has 0 aliphatic heterocycles. The molecule has 0 fully saturated rings. The van der Waals surface area contributed by atoms with E-state index in [4.69, 9.17) is 9.47 Å². The fraction of sp³-hybridized carbons (Fsp3) is 0.139. The largest absolute Gasteiger partial charge is 0.492 e. The van der Waals surface area contributed by atoms with Crippen molar-refractivity contribution in [2.75, 3.05) is 6.61 Å². The van der Waals surface area contributed by atoms with Gasteiger partial charge in [0.15, 0.2) is 6.10 Å².